The molecule has 0 bridgehead atoms. The van der Waals surface area contributed by atoms with E-state index in [1.165, 1.54) is 0 Å². The SMILES string of the molecule is OB(O)c1ccc([C@H](O)c2ccccc2)cc1. The fourth-order valence-electron chi connectivity index (χ4n) is 1.68. The van der Waals surface area contributed by atoms with E-state index in [1.54, 1.807) is 24.3 Å². The number of benzene rings is 2. The predicted octanol–water partition coefficient (Wildman–Crippen LogP) is 0.448. The van der Waals surface area contributed by atoms with E-state index in [0.29, 0.717) is 5.46 Å². The molecule has 0 aromatic heterocycles. The lowest BCUT2D eigenvalue weighted by Crippen LogP contribution is -2.29. The van der Waals surface area contributed by atoms with E-state index in [-0.39, 0.29) is 0 Å². The van der Waals surface area contributed by atoms with Gasteiger partial charge in [0.2, 0.25) is 0 Å². The van der Waals surface area contributed by atoms with Crippen molar-refractivity contribution < 1.29 is 15.2 Å². The van der Waals surface area contributed by atoms with Crippen molar-refractivity contribution in [2.24, 2.45) is 0 Å². The van der Waals surface area contributed by atoms with Gasteiger partial charge in [0.1, 0.15) is 6.10 Å². The molecule has 0 spiro atoms. The van der Waals surface area contributed by atoms with E-state index in [2.05, 4.69) is 0 Å². The molecule has 4 heteroatoms. The Balaban J connectivity index is 2.23. The minimum atomic E-state index is -1.47. The van der Waals surface area contributed by atoms with Crippen molar-refractivity contribution in [2.75, 3.05) is 0 Å². The van der Waals surface area contributed by atoms with Crippen molar-refractivity contribution in [1.82, 2.24) is 0 Å². The van der Waals surface area contributed by atoms with Gasteiger partial charge >= 0.3 is 7.12 Å². The Hall–Kier alpha value is -1.62. The van der Waals surface area contributed by atoms with Gasteiger partial charge in [0.25, 0.3) is 0 Å². The number of rotatable bonds is 3. The molecule has 0 aliphatic rings. The molecule has 2 aromatic carbocycles. The smallest absolute Gasteiger partial charge is 0.423 e. The third-order valence-electron chi connectivity index (χ3n) is 2.67. The summed E-state index contributed by atoms with van der Waals surface area (Å²) in [6.45, 7) is 0. The van der Waals surface area contributed by atoms with Crippen LogP contribution >= 0.6 is 0 Å². The number of aliphatic hydroxyl groups excluding tert-OH is 1. The number of hydrogen-bond donors (Lipinski definition) is 3. The molecule has 0 saturated heterocycles. The zero-order valence-electron chi connectivity index (χ0n) is 9.19. The van der Waals surface area contributed by atoms with Crippen LogP contribution in [0, 0.1) is 0 Å². The summed E-state index contributed by atoms with van der Waals surface area (Å²) in [5, 5.41) is 28.0. The Bertz CT molecular complexity index is 468. The van der Waals surface area contributed by atoms with Gasteiger partial charge in [-0.2, -0.15) is 0 Å². The van der Waals surface area contributed by atoms with E-state index >= 15 is 0 Å². The number of aliphatic hydroxyl groups is 1. The van der Waals surface area contributed by atoms with Gasteiger partial charge in [-0.3, -0.25) is 0 Å². The first-order valence-corrected chi connectivity index (χ1v) is 5.37. The highest BCUT2D eigenvalue weighted by atomic mass is 16.4. The molecule has 0 aliphatic carbocycles. The average molecular weight is 228 g/mol. The predicted molar refractivity (Wildman–Crippen MR) is 66.8 cm³/mol. The molecule has 0 saturated carbocycles. The Morgan fingerprint density at radius 2 is 1.29 bits per heavy atom. The minimum absolute atomic E-state index is 0.411. The van der Waals surface area contributed by atoms with Gasteiger partial charge in [-0.25, -0.2) is 0 Å². The maximum Gasteiger partial charge on any atom is 0.488 e. The van der Waals surface area contributed by atoms with Crippen LogP contribution in [0.2, 0.25) is 0 Å². The Morgan fingerprint density at radius 3 is 1.82 bits per heavy atom. The molecule has 0 unspecified atom stereocenters. The van der Waals surface area contributed by atoms with Crippen molar-refractivity contribution >= 4 is 12.6 Å². The van der Waals surface area contributed by atoms with Crippen molar-refractivity contribution in [2.45, 2.75) is 6.10 Å². The number of hydrogen-bond acceptors (Lipinski definition) is 3. The molecular formula is C13H13BO3. The summed E-state index contributed by atoms with van der Waals surface area (Å²) >= 11 is 0. The topological polar surface area (TPSA) is 60.7 Å². The second-order valence-electron chi connectivity index (χ2n) is 3.85. The third-order valence-corrected chi connectivity index (χ3v) is 2.67. The molecule has 1 atom stereocenters. The zero-order valence-corrected chi connectivity index (χ0v) is 9.19. The van der Waals surface area contributed by atoms with E-state index < -0.39 is 13.2 Å². The maximum absolute atomic E-state index is 10.1. The molecular weight excluding hydrogens is 215 g/mol. The van der Waals surface area contributed by atoms with Crippen molar-refractivity contribution in [3.63, 3.8) is 0 Å². The van der Waals surface area contributed by atoms with Gasteiger partial charge in [0.05, 0.1) is 0 Å². The van der Waals surface area contributed by atoms with Gasteiger partial charge in [-0.05, 0) is 16.6 Å². The van der Waals surface area contributed by atoms with Gasteiger partial charge in [0, 0.05) is 0 Å². The molecule has 0 aliphatic heterocycles. The highest BCUT2D eigenvalue weighted by Crippen LogP contribution is 2.20. The van der Waals surface area contributed by atoms with Crippen LogP contribution in [0.1, 0.15) is 17.2 Å². The molecule has 2 rings (SSSR count). The first-order chi connectivity index (χ1) is 8.18. The van der Waals surface area contributed by atoms with Crippen LogP contribution in [0.4, 0.5) is 0 Å². The molecule has 2 aromatic rings. The average Bonchev–Trinajstić information content (AvgIpc) is 2.39. The molecule has 0 amide bonds. The molecule has 17 heavy (non-hydrogen) atoms. The Morgan fingerprint density at radius 1 is 0.765 bits per heavy atom. The van der Waals surface area contributed by atoms with Crippen molar-refractivity contribution in [3.8, 4) is 0 Å². The maximum atomic E-state index is 10.1. The van der Waals surface area contributed by atoms with Crippen molar-refractivity contribution in [1.29, 1.82) is 0 Å². The highest BCUT2D eigenvalue weighted by molar-refractivity contribution is 6.58. The second-order valence-corrected chi connectivity index (χ2v) is 3.85. The summed E-state index contributed by atoms with van der Waals surface area (Å²) in [7, 11) is -1.47. The minimum Gasteiger partial charge on any atom is -0.423 e. The first kappa shape index (κ1) is 11.9. The highest BCUT2D eigenvalue weighted by Gasteiger charge is 2.13. The third kappa shape index (κ3) is 2.74. The first-order valence-electron chi connectivity index (χ1n) is 5.37. The summed E-state index contributed by atoms with van der Waals surface area (Å²) in [5.41, 5.74) is 1.94. The van der Waals surface area contributed by atoms with Crippen molar-refractivity contribution in [3.05, 3.63) is 65.7 Å². The van der Waals surface area contributed by atoms with Crippen LogP contribution < -0.4 is 5.46 Å². The lowest BCUT2D eigenvalue weighted by molar-refractivity contribution is 0.220. The van der Waals surface area contributed by atoms with Crippen LogP contribution in [0.15, 0.2) is 54.6 Å². The molecule has 3 N–H and O–H groups in total. The largest absolute Gasteiger partial charge is 0.488 e. The van der Waals surface area contributed by atoms with Gasteiger partial charge in [-0.1, -0.05) is 54.6 Å². The van der Waals surface area contributed by atoms with E-state index in [1.807, 2.05) is 30.3 Å². The summed E-state index contributed by atoms with van der Waals surface area (Å²) in [6, 6.07) is 15.9. The molecule has 0 radical (unpaired) electrons. The van der Waals surface area contributed by atoms with Gasteiger partial charge in [0.15, 0.2) is 0 Å². The molecule has 0 heterocycles. The lowest BCUT2D eigenvalue weighted by atomic mass is 9.80. The summed E-state index contributed by atoms with van der Waals surface area (Å²) in [4.78, 5) is 0. The van der Waals surface area contributed by atoms with Crippen LogP contribution in [0.3, 0.4) is 0 Å². The lowest BCUT2D eigenvalue weighted by Gasteiger charge is -2.11. The summed E-state index contributed by atoms with van der Waals surface area (Å²) in [5.74, 6) is 0. The monoisotopic (exact) mass is 228 g/mol. The zero-order chi connectivity index (χ0) is 12.3. The van der Waals surface area contributed by atoms with Crippen LogP contribution in [0.5, 0.6) is 0 Å². The van der Waals surface area contributed by atoms with Crippen LogP contribution in [0.25, 0.3) is 0 Å². The van der Waals surface area contributed by atoms with Crippen LogP contribution in [-0.4, -0.2) is 22.3 Å². The fourth-order valence-corrected chi connectivity index (χ4v) is 1.68. The standard InChI is InChI=1S/C13H13BO3/c15-13(10-4-2-1-3-5-10)11-6-8-12(9-7-11)14(16)17/h1-9,13,15-17H/t13-/m1/s1. The second kappa shape index (κ2) is 5.14. The van der Waals surface area contributed by atoms with E-state index in [9.17, 15) is 5.11 Å². The van der Waals surface area contributed by atoms with Gasteiger partial charge in [-0.15, -0.1) is 0 Å². The summed E-state index contributed by atoms with van der Waals surface area (Å²) < 4.78 is 0. The normalized spacial score (nSPS) is 12.2. The summed E-state index contributed by atoms with van der Waals surface area (Å²) in [6.07, 6.45) is -0.693. The van der Waals surface area contributed by atoms with Crippen LogP contribution in [-0.2, 0) is 0 Å². The quantitative estimate of drug-likeness (QED) is 0.668. The fraction of sp³-hybridized carbons (Fsp3) is 0.0769. The van der Waals surface area contributed by atoms with Gasteiger partial charge < -0.3 is 15.2 Å². The van der Waals surface area contributed by atoms with E-state index in [0.717, 1.165) is 11.1 Å². The molecule has 3 nitrogen and oxygen atoms in total. The Labute approximate surface area is 100 Å². The Kier molecular flexibility index (Phi) is 3.59. The molecule has 86 valence electrons. The molecule has 0 fully saturated rings. The van der Waals surface area contributed by atoms with E-state index in [4.69, 9.17) is 10.0 Å².